The Kier molecular flexibility index (Phi) is 3.51. The molecule has 0 radical (unpaired) electrons. The number of nitrogens with one attached hydrogen (secondary N) is 1. The smallest absolute Gasteiger partial charge is 0.328 e. The fraction of sp³-hybridized carbons (Fsp3) is 0.875. The fourth-order valence-corrected chi connectivity index (χ4v) is 5.55. The Morgan fingerprint density at radius 1 is 1.15 bits per heavy atom. The molecule has 4 fully saturated rings. The van der Waals surface area contributed by atoms with Crippen LogP contribution in [0.4, 0.5) is 0 Å². The van der Waals surface area contributed by atoms with Crippen molar-refractivity contribution in [3.8, 4) is 0 Å². The molecule has 1 amide bonds. The Balaban J connectivity index is 1.74. The second kappa shape index (κ2) is 5.05. The van der Waals surface area contributed by atoms with E-state index in [1.165, 1.54) is 52.6 Å². The molecule has 0 aromatic heterocycles. The number of hydrogen-bond donors (Lipinski definition) is 1. The highest BCUT2D eigenvalue weighted by Gasteiger charge is 2.52. The zero-order valence-corrected chi connectivity index (χ0v) is 12.5. The molecule has 1 N–H and O–H groups in total. The van der Waals surface area contributed by atoms with Crippen LogP contribution in [-0.4, -0.2) is 25.0 Å². The van der Waals surface area contributed by atoms with E-state index < -0.39 is 6.04 Å². The Bertz CT molecular complexity index is 383. The van der Waals surface area contributed by atoms with Crippen LogP contribution in [0.5, 0.6) is 0 Å². The molecule has 4 bridgehead atoms. The predicted molar refractivity (Wildman–Crippen MR) is 74.8 cm³/mol. The van der Waals surface area contributed by atoms with Gasteiger partial charge in [-0.25, -0.2) is 4.79 Å². The van der Waals surface area contributed by atoms with Gasteiger partial charge in [0, 0.05) is 6.92 Å². The first-order chi connectivity index (χ1) is 9.49. The highest BCUT2D eigenvalue weighted by atomic mass is 16.5. The third-order valence-electron chi connectivity index (χ3n) is 5.67. The Morgan fingerprint density at radius 3 is 2.05 bits per heavy atom. The van der Waals surface area contributed by atoms with E-state index in [1.54, 1.807) is 0 Å². The van der Waals surface area contributed by atoms with Crippen molar-refractivity contribution in [1.82, 2.24) is 5.32 Å². The van der Waals surface area contributed by atoms with Crippen molar-refractivity contribution in [2.24, 2.45) is 23.2 Å². The summed E-state index contributed by atoms with van der Waals surface area (Å²) in [5.41, 5.74) is 0.274. The maximum atomic E-state index is 11.9. The van der Waals surface area contributed by atoms with Gasteiger partial charge in [-0.3, -0.25) is 4.79 Å². The van der Waals surface area contributed by atoms with Gasteiger partial charge in [0.05, 0.1) is 7.11 Å². The van der Waals surface area contributed by atoms with Crippen molar-refractivity contribution in [3.63, 3.8) is 0 Å². The van der Waals surface area contributed by atoms with Crippen molar-refractivity contribution >= 4 is 11.9 Å². The fourth-order valence-electron chi connectivity index (χ4n) is 5.55. The van der Waals surface area contributed by atoms with Crippen molar-refractivity contribution < 1.29 is 14.3 Å². The molecule has 112 valence electrons. The van der Waals surface area contributed by atoms with Crippen LogP contribution in [0.1, 0.15) is 51.9 Å². The van der Waals surface area contributed by atoms with Crippen LogP contribution in [0.15, 0.2) is 0 Å². The summed E-state index contributed by atoms with van der Waals surface area (Å²) in [5, 5.41) is 2.79. The van der Waals surface area contributed by atoms with E-state index in [0.717, 1.165) is 24.2 Å². The van der Waals surface area contributed by atoms with Crippen LogP contribution < -0.4 is 5.32 Å². The molecule has 4 nitrogen and oxygen atoms in total. The molecule has 1 unspecified atom stereocenters. The average Bonchev–Trinajstić information content (AvgIpc) is 2.34. The van der Waals surface area contributed by atoms with Gasteiger partial charge >= 0.3 is 5.97 Å². The maximum Gasteiger partial charge on any atom is 0.328 e. The van der Waals surface area contributed by atoms with Gasteiger partial charge in [0.2, 0.25) is 5.91 Å². The summed E-state index contributed by atoms with van der Waals surface area (Å²) in [6.45, 7) is 1.47. The number of methoxy groups -OCH3 is 1. The highest BCUT2D eigenvalue weighted by Crippen LogP contribution is 2.61. The maximum absolute atomic E-state index is 11.9. The van der Waals surface area contributed by atoms with E-state index in [4.69, 9.17) is 4.74 Å². The molecule has 0 aromatic rings. The van der Waals surface area contributed by atoms with E-state index in [0.29, 0.717) is 0 Å². The number of hydrogen-bond acceptors (Lipinski definition) is 3. The summed E-state index contributed by atoms with van der Waals surface area (Å²) < 4.78 is 4.87. The van der Waals surface area contributed by atoms with E-state index in [1.807, 2.05) is 0 Å². The number of carbonyl (C=O) groups is 2. The van der Waals surface area contributed by atoms with Crippen molar-refractivity contribution in [1.29, 1.82) is 0 Å². The second-order valence-corrected chi connectivity index (χ2v) is 7.40. The van der Waals surface area contributed by atoms with Gasteiger partial charge in [-0.2, -0.15) is 0 Å². The lowest BCUT2D eigenvalue weighted by Gasteiger charge is -2.57. The molecule has 4 heteroatoms. The first-order valence-corrected chi connectivity index (χ1v) is 7.84. The predicted octanol–water partition coefficient (Wildman–Crippen LogP) is 2.27. The minimum absolute atomic E-state index is 0.148. The standard InChI is InChI=1S/C16H25NO3/c1-10(18)17-14(15(19)20-2)9-16-6-11-3-12(7-16)5-13(4-11)8-16/h11-14H,3-9H2,1-2H3,(H,17,18). The SMILES string of the molecule is COC(=O)C(CC12CC3CC(CC(C3)C1)C2)NC(C)=O. The average molecular weight is 279 g/mol. The van der Waals surface area contributed by atoms with Gasteiger partial charge in [-0.15, -0.1) is 0 Å². The summed E-state index contributed by atoms with van der Waals surface area (Å²) in [7, 11) is 1.40. The summed E-state index contributed by atoms with van der Waals surface area (Å²) >= 11 is 0. The molecule has 4 saturated carbocycles. The molecule has 1 atom stereocenters. The lowest BCUT2D eigenvalue weighted by Crippen LogP contribution is -2.51. The van der Waals surface area contributed by atoms with Crippen LogP contribution >= 0.6 is 0 Å². The lowest BCUT2D eigenvalue weighted by atomic mass is 9.48. The quantitative estimate of drug-likeness (QED) is 0.803. The topological polar surface area (TPSA) is 55.4 Å². The van der Waals surface area contributed by atoms with Gasteiger partial charge < -0.3 is 10.1 Å². The third-order valence-corrected chi connectivity index (χ3v) is 5.67. The van der Waals surface area contributed by atoms with E-state index >= 15 is 0 Å². The molecular formula is C16H25NO3. The summed E-state index contributed by atoms with van der Waals surface area (Å²) in [4.78, 5) is 23.3. The zero-order chi connectivity index (χ0) is 14.3. The van der Waals surface area contributed by atoms with Crippen LogP contribution in [0.25, 0.3) is 0 Å². The number of carbonyl (C=O) groups excluding carboxylic acids is 2. The monoisotopic (exact) mass is 279 g/mol. The first kappa shape index (κ1) is 13.9. The molecule has 4 aliphatic rings. The molecule has 0 aromatic carbocycles. The van der Waals surface area contributed by atoms with Gasteiger partial charge in [0.15, 0.2) is 0 Å². The Hall–Kier alpha value is -1.06. The molecule has 0 saturated heterocycles. The van der Waals surface area contributed by atoms with E-state index in [9.17, 15) is 9.59 Å². The molecular weight excluding hydrogens is 254 g/mol. The summed E-state index contributed by atoms with van der Waals surface area (Å²) in [6.07, 6.45) is 8.67. The van der Waals surface area contributed by atoms with Crippen LogP contribution in [0, 0.1) is 23.2 Å². The second-order valence-electron chi connectivity index (χ2n) is 7.40. The number of ether oxygens (including phenoxy) is 1. The Labute approximate surface area is 120 Å². The number of rotatable bonds is 4. The molecule has 4 aliphatic carbocycles. The molecule has 0 heterocycles. The highest BCUT2D eigenvalue weighted by molar-refractivity contribution is 5.83. The number of amides is 1. The molecule has 20 heavy (non-hydrogen) atoms. The van der Waals surface area contributed by atoms with E-state index in [-0.39, 0.29) is 17.3 Å². The van der Waals surface area contributed by atoms with Gasteiger partial charge in [-0.05, 0) is 68.1 Å². The largest absolute Gasteiger partial charge is 0.467 e. The zero-order valence-electron chi connectivity index (χ0n) is 12.5. The lowest BCUT2D eigenvalue weighted by molar-refractivity contribution is -0.148. The van der Waals surface area contributed by atoms with Gasteiger partial charge in [-0.1, -0.05) is 0 Å². The number of esters is 1. The minimum atomic E-state index is -0.464. The Morgan fingerprint density at radius 2 is 1.65 bits per heavy atom. The normalized spacial score (nSPS) is 39.4. The molecule has 4 rings (SSSR count). The first-order valence-electron chi connectivity index (χ1n) is 7.84. The van der Waals surface area contributed by atoms with Crippen LogP contribution in [0.3, 0.4) is 0 Å². The van der Waals surface area contributed by atoms with Crippen molar-refractivity contribution in [2.75, 3.05) is 7.11 Å². The van der Waals surface area contributed by atoms with Crippen LogP contribution in [-0.2, 0) is 14.3 Å². The molecule has 0 spiro atoms. The minimum Gasteiger partial charge on any atom is -0.467 e. The van der Waals surface area contributed by atoms with Crippen molar-refractivity contribution in [3.05, 3.63) is 0 Å². The third kappa shape index (κ3) is 2.57. The molecule has 0 aliphatic heterocycles. The van der Waals surface area contributed by atoms with Crippen LogP contribution in [0.2, 0.25) is 0 Å². The van der Waals surface area contributed by atoms with E-state index in [2.05, 4.69) is 5.32 Å². The summed E-state index contributed by atoms with van der Waals surface area (Å²) in [6, 6.07) is -0.464. The van der Waals surface area contributed by atoms with Gasteiger partial charge in [0.1, 0.15) is 6.04 Å². The van der Waals surface area contributed by atoms with Gasteiger partial charge in [0.25, 0.3) is 0 Å². The summed E-state index contributed by atoms with van der Waals surface area (Å²) in [5.74, 6) is 2.13. The van der Waals surface area contributed by atoms with Crippen molar-refractivity contribution in [2.45, 2.75) is 57.9 Å².